The van der Waals surface area contributed by atoms with Crippen molar-refractivity contribution in [1.82, 2.24) is 0 Å². The van der Waals surface area contributed by atoms with Crippen LogP contribution < -0.4 is 0 Å². The van der Waals surface area contributed by atoms with Crippen LogP contribution in [0.5, 0.6) is 0 Å². The Hall–Kier alpha value is -1.43. The molecule has 0 spiro atoms. The lowest BCUT2D eigenvalue weighted by Gasteiger charge is -2.09. The minimum atomic E-state index is -0.399. The van der Waals surface area contributed by atoms with E-state index in [1.807, 2.05) is 11.4 Å². The summed E-state index contributed by atoms with van der Waals surface area (Å²) in [4.78, 5) is 22.2. The van der Waals surface area contributed by atoms with Crippen molar-refractivity contribution in [2.45, 2.75) is 19.3 Å². The molecule has 16 heavy (non-hydrogen) atoms. The molecule has 6 heteroatoms. The van der Waals surface area contributed by atoms with Crippen molar-refractivity contribution in [3.8, 4) is 0 Å². The van der Waals surface area contributed by atoms with Crippen molar-refractivity contribution in [2.24, 2.45) is 0 Å². The molecule has 0 amide bonds. The van der Waals surface area contributed by atoms with Crippen LogP contribution >= 0.6 is 11.3 Å². The maximum atomic E-state index is 11.3. The molecule has 0 aliphatic heterocycles. The van der Waals surface area contributed by atoms with E-state index in [1.54, 1.807) is 13.0 Å². The SMILES string of the molecule is CCOC(=O)CC(C[N+](=O)[O-])c1cccs1. The number of carbonyl (C=O) groups excluding carboxylic acids is 1. The van der Waals surface area contributed by atoms with Crippen molar-refractivity contribution in [2.75, 3.05) is 13.2 Å². The lowest BCUT2D eigenvalue weighted by Crippen LogP contribution is -2.17. The first-order chi connectivity index (χ1) is 7.63. The van der Waals surface area contributed by atoms with E-state index in [4.69, 9.17) is 4.74 Å². The summed E-state index contributed by atoms with van der Waals surface area (Å²) < 4.78 is 4.80. The molecule has 1 aromatic rings. The van der Waals surface area contributed by atoms with E-state index in [0.29, 0.717) is 6.61 Å². The van der Waals surface area contributed by atoms with Crippen molar-refractivity contribution in [3.05, 3.63) is 32.5 Å². The number of hydrogen-bond acceptors (Lipinski definition) is 5. The summed E-state index contributed by atoms with van der Waals surface area (Å²) in [6.07, 6.45) is 0.0648. The second-order valence-electron chi connectivity index (χ2n) is 3.24. The van der Waals surface area contributed by atoms with E-state index in [9.17, 15) is 14.9 Å². The van der Waals surface area contributed by atoms with E-state index in [0.717, 1.165) is 4.88 Å². The third kappa shape index (κ3) is 3.98. The van der Waals surface area contributed by atoms with Crippen LogP contribution in [-0.4, -0.2) is 24.0 Å². The first-order valence-electron chi connectivity index (χ1n) is 4.94. The highest BCUT2D eigenvalue weighted by Crippen LogP contribution is 2.25. The average molecular weight is 243 g/mol. The van der Waals surface area contributed by atoms with Crippen LogP contribution in [-0.2, 0) is 9.53 Å². The molecule has 0 radical (unpaired) electrons. The molecule has 5 nitrogen and oxygen atoms in total. The second kappa shape index (κ2) is 6.22. The fourth-order valence-electron chi connectivity index (χ4n) is 1.38. The van der Waals surface area contributed by atoms with Crippen LogP contribution in [0.4, 0.5) is 0 Å². The zero-order chi connectivity index (χ0) is 12.0. The molecular weight excluding hydrogens is 230 g/mol. The van der Waals surface area contributed by atoms with Gasteiger partial charge in [-0.25, -0.2) is 0 Å². The molecule has 1 heterocycles. The molecule has 0 aliphatic carbocycles. The monoisotopic (exact) mass is 243 g/mol. The summed E-state index contributed by atoms with van der Waals surface area (Å²) in [6, 6.07) is 3.62. The Morgan fingerprint density at radius 3 is 2.94 bits per heavy atom. The molecule has 0 saturated carbocycles. The van der Waals surface area contributed by atoms with Gasteiger partial charge in [-0.15, -0.1) is 11.3 Å². The van der Waals surface area contributed by atoms with Crippen LogP contribution in [0.2, 0.25) is 0 Å². The zero-order valence-electron chi connectivity index (χ0n) is 8.92. The number of rotatable bonds is 6. The number of thiophene rings is 1. The summed E-state index contributed by atoms with van der Waals surface area (Å²) in [7, 11) is 0. The zero-order valence-corrected chi connectivity index (χ0v) is 9.74. The van der Waals surface area contributed by atoms with Gasteiger partial charge in [0.15, 0.2) is 0 Å². The normalized spacial score (nSPS) is 12.1. The topological polar surface area (TPSA) is 69.4 Å². The highest BCUT2D eigenvalue weighted by atomic mass is 32.1. The smallest absolute Gasteiger partial charge is 0.306 e. The molecule has 0 aliphatic rings. The lowest BCUT2D eigenvalue weighted by atomic mass is 10.0. The standard InChI is InChI=1S/C10H13NO4S/c1-2-15-10(12)6-8(7-11(13)14)9-4-3-5-16-9/h3-5,8H,2,6-7H2,1H3. The fraction of sp³-hybridized carbons (Fsp3) is 0.500. The van der Waals surface area contributed by atoms with Gasteiger partial charge in [0.25, 0.3) is 0 Å². The van der Waals surface area contributed by atoms with E-state index in [2.05, 4.69) is 0 Å². The van der Waals surface area contributed by atoms with Crippen LogP contribution in [0.25, 0.3) is 0 Å². The van der Waals surface area contributed by atoms with Crippen LogP contribution in [0.1, 0.15) is 24.1 Å². The minimum absolute atomic E-state index is 0.0648. The number of ether oxygens (including phenoxy) is 1. The van der Waals surface area contributed by atoms with Gasteiger partial charge >= 0.3 is 5.97 Å². The Labute approximate surface area is 97.2 Å². The van der Waals surface area contributed by atoms with Crippen molar-refractivity contribution in [3.63, 3.8) is 0 Å². The molecule has 0 fully saturated rings. The maximum Gasteiger partial charge on any atom is 0.306 e. The van der Waals surface area contributed by atoms with E-state index < -0.39 is 4.92 Å². The van der Waals surface area contributed by atoms with Gasteiger partial charge in [-0.05, 0) is 18.4 Å². The maximum absolute atomic E-state index is 11.3. The van der Waals surface area contributed by atoms with Crippen LogP contribution in [0.15, 0.2) is 17.5 Å². The molecule has 1 unspecified atom stereocenters. The first kappa shape index (κ1) is 12.6. The molecule has 0 bridgehead atoms. The molecule has 1 aromatic heterocycles. The first-order valence-corrected chi connectivity index (χ1v) is 5.82. The van der Waals surface area contributed by atoms with Gasteiger partial charge in [-0.1, -0.05) is 6.07 Å². The third-order valence-corrected chi connectivity index (χ3v) is 3.07. The van der Waals surface area contributed by atoms with Crippen molar-refractivity contribution < 1.29 is 14.5 Å². The quantitative estimate of drug-likeness (QED) is 0.435. The van der Waals surface area contributed by atoms with Gasteiger partial charge in [0, 0.05) is 9.80 Å². The average Bonchev–Trinajstić information content (AvgIpc) is 2.68. The van der Waals surface area contributed by atoms with Gasteiger partial charge in [0.2, 0.25) is 6.54 Å². The van der Waals surface area contributed by atoms with Gasteiger partial charge < -0.3 is 4.74 Å². The predicted molar refractivity (Wildman–Crippen MR) is 60.2 cm³/mol. The molecular formula is C10H13NO4S. The number of carbonyl (C=O) groups is 1. The van der Waals surface area contributed by atoms with Gasteiger partial charge in [-0.3, -0.25) is 14.9 Å². The Morgan fingerprint density at radius 2 is 2.44 bits per heavy atom. The van der Waals surface area contributed by atoms with Gasteiger partial charge in [0.05, 0.1) is 18.9 Å². The second-order valence-corrected chi connectivity index (χ2v) is 4.22. The Balaban J connectivity index is 2.65. The fourth-order valence-corrected chi connectivity index (χ4v) is 2.20. The minimum Gasteiger partial charge on any atom is -0.466 e. The van der Waals surface area contributed by atoms with Crippen molar-refractivity contribution in [1.29, 1.82) is 0 Å². The number of nitro groups is 1. The Kier molecular flexibility index (Phi) is 4.91. The number of nitrogens with zero attached hydrogens (tertiary/aromatic N) is 1. The van der Waals surface area contributed by atoms with E-state index in [1.165, 1.54) is 11.3 Å². The molecule has 0 aromatic carbocycles. The molecule has 1 rings (SSSR count). The summed E-state index contributed by atoms with van der Waals surface area (Å²) >= 11 is 1.42. The number of hydrogen-bond donors (Lipinski definition) is 0. The largest absolute Gasteiger partial charge is 0.466 e. The molecule has 0 N–H and O–H groups in total. The lowest BCUT2D eigenvalue weighted by molar-refractivity contribution is -0.483. The number of esters is 1. The predicted octanol–water partition coefficient (Wildman–Crippen LogP) is 2.06. The summed E-state index contributed by atoms with van der Waals surface area (Å²) in [5, 5.41) is 12.3. The highest BCUT2D eigenvalue weighted by Gasteiger charge is 2.22. The Morgan fingerprint density at radius 1 is 1.69 bits per heavy atom. The van der Waals surface area contributed by atoms with Gasteiger partial charge in [0.1, 0.15) is 0 Å². The van der Waals surface area contributed by atoms with Gasteiger partial charge in [-0.2, -0.15) is 0 Å². The van der Waals surface area contributed by atoms with Crippen LogP contribution in [0.3, 0.4) is 0 Å². The summed E-state index contributed by atoms with van der Waals surface area (Å²) in [5.41, 5.74) is 0. The van der Waals surface area contributed by atoms with Crippen LogP contribution in [0, 0.1) is 10.1 Å². The molecule has 0 saturated heterocycles. The summed E-state index contributed by atoms with van der Waals surface area (Å²) in [6.45, 7) is 1.78. The van der Waals surface area contributed by atoms with Crippen molar-refractivity contribution >= 4 is 17.3 Å². The van der Waals surface area contributed by atoms with E-state index >= 15 is 0 Å². The van der Waals surface area contributed by atoms with E-state index in [-0.39, 0.29) is 24.9 Å². The third-order valence-electron chi connectivity index (χ3n) is 2.03. The molecule has 1 atom stereocenters. The summed E-state index contributed by atoms with van der Waals surface area (Å²) in [5.74, 6) is -0.767. The molecule has 88 valence electrons. The Bertz CT molecular complexity index is 350. The highest BCUT2D eigenvalue weighted by molar-refractivity contribution is 7.10.